The molecule has 2 fully saturated rings. The van der Waals surface area contributed by atoms with Crippen LogP contribution in [0.5, 0.6) is 0 Å². The number of benzene rings is 2. The molecule has 0 atom stereocenters. The number of aromatic nitrogens is 4. The van der Waals surface area contributed by atoms with Gasteiger partial charge < -0.3 is 10.0 Å². The number of carbonyl (C=O) groups excluding carboxylic acids is 1. The molecular weight excluding hydrogens is 504 g/mol. The number of nitrogens with zero attached hydrogens (tertiary/aromatic N) is 6. The van der Waals surface area contributed by atoms with Crippen LogP contribution in [0.2, 0.25) is 0 Å². The lowest BCUT2D eigenvalue weighted by atomic mass is 9.91. The molecule has 1 saturated carbocycles. The number of likely N-dealkylation sites (tertiary alicyclic amines) is 1. The molecule has 9 nitrogen and oxygen atoms in total. The van der Waals surface area contributed by atoms with Gasteiger partial charge in [0.1, 0.15) is 11.7 Å². The summed E-state index contributed by atoms with van der Waals surface area (Å²) in [5.41, 5.74) is 4.17. The Kier molecular flexibility index (Phi) is 6.28. The van der Waals surface area contributed by atoms with Gasteiger partial charge in [-0.15, -0.1) is 0 Å². The molecule has 1 aliphatic carbocycles. The molecule has 0 unspecified atom stereocenters. The van der Waals surface area contributed by atoms with Gasteiger partial charge in [0.15, 0.2) is 5.65 Å². The molecule has 4 heterocycles. The first kappa shape index (κ1) is 25.2. The first-order chi connectivity index (χ1) is 19.5. The fourth-order valence-corrected chi connectivity index (χ4v) is 6.15. The molecule has 9 heteroatoms. The highest BCUT2D eigenvalue weighted by atomic mass is 16.3. The maximum Gasteiger partial charge on any atom is 0.264 e. The van der Waals surface area contributed by atoms with E-state index in [0.29, 0.717) is 37.0 Å². The average molecular weight is 539 g/mol. The van der Waals surface area contributed by atoms with E-state index in [-0.39, 0.29) is 23.9 Å². The summed E-state index contributed by atoms with van der Waals surface area (Å²) in [6.45, 7) is 4.09. The molecule has 3 aliphatic rings. The van der Waals surface area contributed by atoms with Crippen molar-refractivity contribution in [1.82, 2.24) is 29.1 Å². The van der Waals surface area contributed by atoms with E-state index in [1.54, 1.807) is 10.9 Å². The Hall–Kier alpha value is -3.82. The van der Waals surface area contributed by atoms with E-state index >= 15 is 0 Å². The summed E-state index contributed by atoms with van der Waals surface area (Å²) in [6.07, 6.45) is 7.00. The van der Waals surface area contributed by atoms with E-state index in [4.69, 9.17) is 0 Å². The molecule has 7 rings (SSSR count). The number of rotatable bonds is 6. The summed E-state index contributed by atoms with van der Waals surface area (Å²) in [4.78, 5) is 34.6. The lowest BCUT2D eigenvalue weighted by Crippen LogP contribution is -2.50. The predicted molar refractivity (Wildman–Crippen MR) is 151 cm³/mol. The van der Waals surface area contributed by atoms with Gasteiger partial charge in [-0.1, -0.05) is 36.4 Å². The third-order valence-corrected chi connectivity index (χ3v) is 8.75. The van der Waals surface area contributed by atoms with Crippen LogP contribution in [-0.4, -0.2) is 65.4 Å². The molecule has 40 heavy (non-hydrogen) atoms. The van der Waals surface area contributed by atoms with Crippen molar-refractivity contribution in [3.8, 4) is 5.69 Å². The fourth-order valence-electron chi connectivity index (χ4n) is 6.15. The van der Waals surface area contributed by atoms with Crippen LogP contribution in [-0.2, 0) is 30.8 Å². The Morgan fingerprint density at radius 3 is 2.50 bits per heavy atom. The number of carbonyl (C=O) groups is 1. The molecular formula is C31H34N6O3. The van der Waals surface area contributed by atoms with E-state index in [1.165, 1.54) is 27.6 Å². The van der Waals surface area contributed by atoms with Crippen LogP contribution >= 0.6 is 0 Å². The molecule has 2 aromatic heterocycles. The summed E-state index contributed by atoms with van der Waals surface area (Å²) in [7, 11) is 0. The number of amides is 1. The second kappa shape index (κ2) is 9.98. The first-order valence-corrected chi connectivity index (χ1v) is 14.3. The van der Waals surface area contributed by atoms with Gasteiger partial charge in [0, 0.05) is 38.6 Å². The number of piperidine rings is 1. The molecule has 2 aliphatic heterocycles. The molecule has 0 spiro atoms. The number of aliphatic hydroxyl groups is 1. The van der Waals surface area contributed by atoms with Gasteiger partial charge in [0.05, 0.1) is 24.0 Å². The second-order valence-electron chi connectivity index (χ2n) is 11.7. The first-order valence-electron chi connectivity index (χ1n) is 14.3. The van der Waals surface area contributed by atoms with Crippen molar-refractivity contribution < 1.29 is 9.90 Å². The van der Waals surface area contributed by atoms with Gasteiger partial charge in [0.25, 0.3) is 5.56 Å². The Morgan fingerprint density at radius 2 is 1.75 bits per heavy atom. The highest BCUT2D eigenvalue weighted by Crippen LogP contribution is 2.33. The van der Waals surface area contributed by atoms with Gasteiger partial charge >= 0.3 is 0 Å². The van der Waals surface area contributed by atoms with Crippen LogP contribution in [0.1, 0.15) is 42.4 Å². The number of fused-ring (bicyclic) bond motifs is 2. The smallest absolute Gasteiger partial charge is 0.264 e. The van der Waals surface area contributed by atoms with Gasteiger partial charge in [-0.2, -0.15) is 5.10 Å². The Morgan fingerprint density at radius 1 is 1.00 bits per heavy atom. The van der Waals surface area contributed by atoms with Gasteiger partial charge in [-0.25, -0.2) is 9.67 Å². The highest BCUT2D eigenvalue weighted by Gasteiger charge is 2.39. The zero-order valence-electron chi connectivity index (χ0n) is 22.6. The SMILES string of the molecule is O=C(C1CC1)N1CCC(O)(Cn2cnc3c(cnn3-c3ccc(CN4CCc5ccccc5C4)cc3)c2=O)CC1. The van der Waals surface area contributed by atoms with Crippen molar-refractivity contribution in [1.29, 1.82) is 0 Å². The van der Waals surface area contributed by atoms with Crippen molar-refractivity contribution >= 4 is 16.9 Å². The molecule has 0 bridgehead atoms. The molecule has 2 aromatic carbocycles. The van der Waals surface area contributed by atoms with Crippen LogP contribution in [0.3, 0.4) is 0 Å². The van der Waals surface area contributed by atoms with Crippen molar-refractivity contribution in [2.45, 2.75) is 57.3 Å². The standard InChI is InChI=1S/C31H34N6O3/c38-29(24-7-8-24)35-15-12-31(40,13-16-35)20-36-21-32-28-27(30(36)39)17-33-37(28)26-9-5-22(6-10-26)18-34-14-11-23-3-1-2-4-25(23)19-34/h1-6,9-10,17,21,24,40H,7-8,11-16,18-20H2. The fraction of sp³-hybridized carbons (Fsp3) is 0.419. The minimum atomic E-state index is -1.04. The Labute approximate surface area is 232 Å². The highest BCUT2D eigenvalue weighted by molar-refractivity contribution is 5.81. The minimum Gasteiger partial charge on any atom is -0.388 e. The van der Waals surface area contributed by atoms with Crippen molar-refractivity contribution in [3.63, 3.8) is 0 Å². The third-order valence-electron chi connectivity index (χ3n) is 8.75. The van der Waals surface area contributed by atoms with Crippen LogP contribution in [0, 0.1) is 5.92 Å². The summed E-state index contributed by atoms with van der Waals surface area (Å²) < 4.78 is 3.17. The lowest BCUT2D eigenvalue weighted by molar-refractivity contribution is -0.137. The number of hydrogen-bond acceptors (Lipinski definition) is 6. The van der Waals surface area contributed by atoms with Crippen LogP contribution < -0.4 is 5.56 Å². The van der Waals surface area contributed by atoms with Crippen LogP contribution in [0.25, 0.3) is 16.7 Å². The molecule has 1 amide bonds. The minimum absolute atomic E-state index is 0.154. The molecule has 4 aromatic rings. The summed E-state index contributed by atoms with van der Waals surface area (Å²) in [5, 5.41) is 16.1. The van der Waals surface area contributed by atoms with Crippen molar-refractivity contribution in [2.75, 3.05) is 19.6 Å². The molecule has 206 valence electrons. The van der Waals surface area contributed by atoms with Gasteiger partial charge in [-0.3, -0.25) is 19.1 Å². The maximum absolute atomic E-state index is 13.3. The average Bonchev–Trinajstić information content (AvgIpc) is 3.74. The molecule has 1 saturated heterocycles. The zero-order chi connectivity index (χ0) is 27.3. The van der Waals surface area contributed by atoms with Gasteiger partial charge in [-0.05, 0) is 60.9 Å². The van der Waals surface area contributed by atoms with Crippen molar-refractivity contribution in [3.05, 3.63) is 88.1 Å². The second-order valence-corrected chi connectivity index (χ2v) is 11.7. The quantitative estimate of drug-likeness (QED) is 0.406. The van der Waals surface area contributed by atoms with Crippen LogP contribution in [0.4, 0.5) is 0 Å². The monoisotopic (exact) mass is 538 g/mol. The largest absolute Gasteiger partial charge is 0.388 e. The molecule has 0 radical (unpaired) electrons. The van der Waals surface area contributed by atoms with Gasteiger partial charge in [0.2, 0.25) is 5.91 Å². The summed E-state index contributed by atoms with van der Waals surface area (Å²) >= 11 is 0. The normalized spacial score (nSPS) is 19.1. The lowest BCUT2D eigenvalue weighted by Gasteiger charge is -2.38. The van der Waals surface area contributed by atoms with E-state index < -0.39 is 5.60 Å². The van der Waals surface area contributed by atoms with E-state index in [1.807, 2.05) is 17.0 Å². The van der Waals surface area contributed by atoms with E-state index in [9.17, 15) is 14.7 Å². The Balaban J connectivity index is 1.04. The summed E-state index contributed by atoms with van der Waals surface area (Å²) in [5.74, 6) is 0.390. The Bertz CT molecular complexity index is 1610. The molecule has 1 N–H and O–H groups in total. The number of hydrogen-bond donors (Lipinski definition) is 1. The van der Waals surface area contributed by atoms with E-state index in [0.717, 1.165) is 44.6 Å². The van der Waals surface area contributed by atoms with E-state index in [2.05, 4.69) is 51.4 Å². The van der Waals surface area contributed by atoms with Crippen LogP contribution in [0.15, 0.2) is 65.8 Å². The zero-order valence-corrected chi connectivity index (χ0v) is 22.6. The summed E-state index contributed by atoms with van der Waals surface area (Å²) in [6, 6.07) is 16.9. The maximum atomic E-state index is 13.3. The third kappa shape index (κ3) is 4.84. The predicted octanol–water partition coefficient (Wildman–Crippen LogP) is 2.90. The van der Waals surface area contributed by atoms with Crippen molar-refractivity contribution in [2.24, 2.45) is 5.92 Å². The topological polar surface area (TPSA) is 96.5 Å².